The molecule has 1 saturated heterocycles. The highest BCUT2D eigenvalue weighted by molar-refractivity contribution is 7.89. The molecule has 1 aliphatic heterocycles. The first-order chi connectivity index (χ1) is 16.5. The van der Waals surface area contributed by atoms with E-state index in [4.69, 9.17) is 4.74 Å². The quantitative estimate of drug-likeness (QED) is 0.344. The van der Waals surface area contributed by atoms with Gasteiger partial charge in [0.1, 0.15) is 5.75 Å². The van der Waals surface area contributed by atoms with Crippen molar-refractivity contribution in [1.82, 2.24) is 14.8 Å². The number of pyridine rings is 1. The second-order valence-electron chi connectivity index (χ2n) is 9.09. The van der Waals surface area contributed by atoms with Crippen LogP contribution in [0.15, 0.2) is 65.8 Å². The molecule has 0 radical (unpaired) electrons. The molecular formula is C26H29N3O4S. The molecule has 34 heavy (non-hydrogen) atoms. The van der Waals surface area contributed by atoms with E-state index in [1.807, 2.05) is 41.4 Å². The molecule has 1 atom stereocenters. The average Bonchev–Trinajstić information content (AvgIpc) is 3.62. The Morgan fingerprint density at radius 3 is 2.71 bits per heavy atom. The molecule has 1 N–H and O–H groups in total. The molecule has 1 saturated carbocycles. The van der Waals surface area contributed by atoms with Crippen molar-refractivity contribution in [2.45, 2.75) is 49.5 Å². The number of carbonyl (C=O) groups is 1. The summed E-state index contributed by atoms with van der Waals surface area (Å²) in [5.74, 6) is 1.20. The van der Waals surface area contributed by atoms with Crippen molar-refractivity contribution in [2.75, 3.05) is 13.2 Å². The number of ketones is 1. The lowest BCUT2D eigenvalue weighted by Crippen LogP contribution is -2.45. The van der Waals surface area contributed by atoms with Gasteiger partial charge in [-0.05, 0) is 80.3 Å². The van der Waals surface area contributed by atoms with Crippen LogP contribution in [0.3, 0.4) is 0 Å². The fourth-order valence-electron chi connectivity index (χ4n) is 4.58. The second kappa shape index (κ2) is 9.82. The van der Waals surface area contributed by atoms with Crippen molar-refractivity contribution in [3.05, 3.63) is 66.5 Å². The molecule has 2 heterocycles. The molecule has 1 aliphatic carbocycles. The van der Waals surface area contributed by atoms with E-state index < -0.39 is 10.0 Å². The van der Waals surface area contributed by atoms with Crippen molar-refractivity contribution >= 4 is 26.6 Å². The average molecular weight is 480 g/mol. The number of benzene rings is 2. The van der Waals surface area contributed by atoms with Gasteiger partial charge in [0, 0.05) is 41.8 Å². The van der Waals surface area contributed by atoms with E-state index in [0.29, 0.717) is 18.5 Å². The number of carbonyl (C=O) groups excluding carboxylic acids is 1. The van der Waals surface area contributed by atoms with Crippen molar-refractivity contribution in [1.29, 1.82) is 0 Å². The van der Waals surface area contributed by atoms with Crippen molar-refractivity contribution in [3.63, 3.8) is 0 Å². The fourth-order valence-corrected chi connectivity index (χ4v) is 5.95. The Morgan fingerprint density at radius 2 is 1.91 bits per heavy atom. The van der Waals surface area contributed by atoms with Gasteiger partial charge in [0.2, 0.25) is 0 Å². The zero-order valence-corrected chi connectivity index (χ0v) is 19.8. The van der Waals surface area contributed by atoms with E-state index in [9.17, 15) is 13.2 Å². The molecule has 1 aromatic heterocycles. The third-order valence-electron chi connectivity index (χ3n) is 6.59. The van der Waals surface area contributed by atoms with Crippen LogP contribution in [0.4, 0.5) is 0 Å². The van der Waals surface area contributed by atoms with E-state index in [2.05, 4.69) is 9.82 Å². The fraction of sp³-hybridized carbons (Fsp3) is 0.385. The number of hydrazine groups is 1. The maximum Gasteiger partial charge on any atom is 0.254 e. The predicted octanol–water partition coefficient (Wildman–Crippen LogP) is 4.34. The van der Waals surface area contributed by atoms with Gasteiger partial charge < -0.3 is 4.74 Å². The van der Waals surface area contributed by atoms with Crippen LogP contribution in [-0.4, -0.2) is 43.4 Å². The zero-order valence-electron chi connectivity index (χ0n) is 19.0. The number of rotatable bonds is 10. The molecule has 1 unspecified atom stereocenters. The molecule has 178 valence electrons. The van der Waals surface area contributed by atoms with Crippen molar-refractivity contribution in [3.8, 4) is 5.75 Å². The summed E-state index contributed by atoms with van der Waals surface area (Å²) in [5, 5.41) is 3.31. The highest BCUT2D eigenvalue weighted by Gasteiger charge is 2.31. The number of hydrogen-bond donors (Lipinski definition) is 1. The number of ether oxygens (including phenoxy) is 1. The third-order valence-corrected chi connectivity index (χ3v) is 8.00. The first kappa shape index (κ1) is 23.0. The Morgan fingerprint density at radius 1 is 1.09 bits per heavy atom. The summed E-state index contributed by atoms with van der Waals surface area (Å²) in [5.41, 5.74) is 0.755. The van der Waals surface area contributed by atoms with Crippen LogP contribution in [0.1, 0.15) is 48.9 Å². The van der Waals surface area contributed by atoms with E-state index in [-0.39, 0.29) is 22.6 Å². The van der Waals surface area contributed by atoms with Crippen molar-refractivity contribution in [2.24, 2.45) is 5.92 Å². The molecule has 3 aromatic rings. The summed E-state index contributed by atoms with van der Waals surface area (Å²) in [6.45, 7) is 1.23. The summed E-state index contributed by atoms with van der Waals surface area (Å²) in [7, 11) is -3.71. The number of hydrogen-bond acceptors (Lipinski definition) is 6. The van der Waals surface area contributed by atoms with Crippen LogP contribution in [0.2, 0.25) is 0 Å². The number of nitrogens with zero attached hydrogens (tertiary/aromatic N) is 2. The van der Waals surface area contributed by atoms with E-state index in [1.165, 1.54) is 0 Å². The zero-order chi connectivity index (χ0) is 23.5. The van der Waals surface area contributed by atoms with Crippen LogP contribution in [-0.2, 0) is 10.0 Å². The Kier molecular flexibility index (Phi) is 6.63. The summed E-state index contributed by atoms with van der Waals surface area (Å²) in [6.07, 6.45) is 8.79. The Hall–Kier alpha value is -2.81. The predicted molar refractivity (Wildman–Crippen MR) is 130 cm³/mol. The SMILES string of the molecule is O=C(c1ccc(OCCCC2CCCN2NS(=O)(=O)c2cccc3ccncc23)cc1)C1CC1. The lowest BCUT2D eigenvalue weighted by atomic mass is 10.1. The number of Topliss-reactive ketones (excluding diaryl/α,β-unsaturated/α-hetero) is 1. The molecule has 5 rings (SSSR count). The smallest absolute Gasteiger partial charge is 0.254 e. The van der Waals surface area contributed by atoms with E-state index in [1.54, 1.807) is 24.5 Å². The van der Waals surface area contributed by atoms with Gasteiger partial charge in [-0.2, -0.15) is 0 Å². The number of fused-ring (bicyclic) bond motifs is 1. The standard InChI is InChI=1S/C26H29N3O4S/c30-26(20-8-9-20)21-10-12-23(13-11-21)33-17-3-6-22-5-2-16-29(22)28-34(31,32)25-7-1-4-19-14-15-27-18-24(19)25/h1,4,7,10-15,18,20,22,28H,2-3,5-6,8-9,16-17H2. The van der Waals surface area contributed by atoms with Gasteiger partial charge in [0.15, 0.2) is 5.78 Å². The van der Waals surface area contributed by atoms with Crippen LogP contribution in [0.25, 0.3) is 10.8 Å². The maximum atomic E-state index is 13.2. The lowest BCUT2D eigenvalue weighted by molar-refractivity contribution is 0.0967. The Bertz CT molecular complexity index is 1270. The van der Waals surface area contributed by atoms with Crippen LogP contribution < -0.4 is 9.57 Å². The molecule has 2 aliphatic rings. The Labute approximate surface area is 200 Å². The minimum atomic E-state index is -3.71. The highest BCUT2D eigenvalue weighted by atomic mass is 32.2. The summed E-state index contributed by atoms with van der Waals surface area (Å²) < 4.78 is 32.2. The molecule has 0 spiro atoms. The number of nitrogens with one attached hydrogen (secondary N) is 1. The summed E-state index contributed by atoms with van der Waals surface area (Å²) in [4.78, 5) is 19.3. The molecule has 8 heteroatoms. The molecule has 7 nitrogen and oxygen atoms in total. The first-order valence-corrected chi connectivity index (χ1v) is 13.4. The molecule has 2 aromatic carbocycles. The van der Waals surface area contributed by atoms with Gasteiger partial charge in [-0.25, -0.2) is 13.4 Å². The third kappa shape index (κ3) is 5.14. The largest absolute Gasteiger partial charge is 0.494 e. The van der Waals surface area contributed by atoms with Crippen LogP contribution in [0.5, 0.6) is 5.75 Å². The Balaban J connectivity index is 1.14. The minimum Gasteiger partial charge on any atom is -0.494 e. The van der Waals surface area contributed by atoms with Gasteiger partial charge in [-0.3, -0.25) is 9.78 Å². The summed E-state index contributed by atoms with van der Waals surface area (Å²) >= 11 is 0. The maximum absolute atomic E-state index is 13.2. The van der Waals surface area contributed by atoms with Crippen LogP contribution >= 0.6 is 0 Å². The highest BCUT2D eigenvalue weighted by Crippen LogP contribution is 2.33. The molecule has 0 amide bonds. The normalized spacial score (nSPS) is 18.9. The topological polar surface area (TPSA) is 88.6 Å². The number of sulfonamides is 1. The van der Waals surface area contributed by atoms with Gasteiger partial charge >= 0.3 is 0 Å². The van der Waals surface area contributed by atoms with Gasteiger partial charge in [0.25, 0.3) is 10.0 Å². The summed E-state index contributed by atoms with van der Waals surface area (Å²) in [6, 6.07) is 14.6. The van der Waals surface area contributed by atoms with Gasteiger partial charge in [-0.15, -0.1) is 4.83 Å². The van der Waals surface area contributed by atoms with Gasteiger partial charge in [0.05, 0.1) is 11.5 Å². The van der Waals surface area contributed by atoms with Crippen molar-refractivity contribution < 1.29 is 17.9 Å². The minimum absolute atomic E-state index is 0.130. The first-order valence-electron chi connectivity index (χ1n) is 11.9. The van der Waals surface area contributed by atoms with Crippen LogP contribution in [0, 0.1) is 5.92 Å². The van der Waals surface area contributed by atoms with E-state index in [0.717, 1.165) is 55.2 Å². The molecule has 0 bridgehead atoms. The second-order valence-corrected chi connectivity index (χ2v) is 10.7. The molecular weight excluding hydrogens is 450 g/mol. The molecule has 2 fully saturated rings. The monoisotopic (exact) mass is 479 g/mol. The number of aromatic nitrogens is 1. The lowest BCUT2D eigenvalue weighted by Gasteiger charge is -2.25. The van der Waals surface area contributed by atoms with E-state index >= 15 is 0 Å². The van der Waals surface area contributed by atoms with Gasteiger partial charge in [-0.1, -0.05) is 12.1 Å².